The molecule has 0 aromatic heterocycles. The summed E-state index contributed by atoms with van der Waals surface area (Å²) in [5.74, 6) is 0.957. The number of hydrogen-bond donors (Lipinski definition) is 0. The quantitative estimate of drug-likeness (QED) is 0.208. The van der Waals surface area contributed by atoms with E-state index >= 15 is 0 Å². The predicted molar refractivity (Wildman–Crippen MR) is 110 cm³/mol. The molecule has 0 unspecified atom stereocenters. The van der Waals surface area contributed by atoms with E-state index in [1.807, 2.05) is 0 Å². The highest BCUT2D eigenvalue weighted by atomic mass is 31.2. The number of phosphoric acid groups is 1. The Morgan fingerprint density at radius 3 is 1.12 bits per heavy atom. The predicted octanol–water partition coefficient (Wildman–Crippen LogP) is 7.08. The summed E-state index contributed by atoms with van der Waals surface area (Å²) in [5.41, 5.74) is 0. The second-order valence-corrected chi connectivity index (χ2v) is 6.02. The summed E-state index contributed by atoms with van der Waals surface area (Å²) in [7, 11) is -4.02. The fraction of sp³-hybridized carbons (Fsp3) is 0.143. The van der Waals surface area contributed by atoms with E-state index in [0.29, 0.717) is 17.3 Å². The van der Waals surface area contributed by atoms with Gasteiger partial charge in [-0.15, -0.1) is 0 Å². The zero-order valence-electron chi connectivity index (χ0n) is 15.6. The van der Waals surface area contributed by atoms with E-state index in [4.69, 9.17) is 13.6 Å². The van der Waals surface area contributed by atoms with Crippen LogP contribution in [0.1, 0.15) is 20.8 Å². The van der Waals surface area contributed by atoms with Crippen molar-refractivity contribution in [3.05, 3.63) is 110 Å². The van der Waals surface area contributed by atoms with Gasteiger partial charge in [-0.3, -0.25) is 0 Å². The average molecular weight is 374 g/mol. The molecule has 4 nitrogen and oxygen atoms in total. The van der Waals surface area contributed by atoms with Gasteiger partial charge in [-0.1, -0.05) is 56.2 Å². The zero-order chi connectivity index (χ0) is 19.8. The van der Waals surface area contributed by atoms with Crippen molar-refractivity contribution in [1.29, 1.82) is 0 Å². The molecular weight excluding hydrogens is 347 g/mol. The molecule has 0 amide bonds. The van der Waals surface area contributed by atoms with Gasteiger partial charge in [0, 0.05) is 0 Å². The Kier molecular flexibility index (Phi) is 12.2. The molecule has 26 heavy (non-hydrogen) atoms. The standard InChI is InChI=1S/C21H27O4P/c1-7-13-16-19(10-4)23-26(22,24-20(11-5)17-14-8-2)25-21(12-6)18-15-9-3/h7-18H,1-3H2,4-6H3/b16-13-,17-14-,18-15-,19-10+,20-11+,21-12+. The number of hydrogen-bond acceptors (Lipinski definition) is 4. The molecule has 0 heterocycles. The molecule has 0 bridgehead atoms. The minimum absolute atomic E-state index is 0.319. The Bertz CT molecular complexity index is 608. The molecule has 5 heteroatoms. The highest BCUT2D eigenvalue weighted by Gasteiger charge is 2.33. The van der Waals surface area contributed by atoms with Gasteiger partial charge in [0.25, 0.3) is 0 Å². The van der Waals surface area contributed by atoms with Crippen LogP contribution in [0.15, 0.2) is 110 Å². The summed E-state index contributed by atoms with van der Waals surface area (Å²) in [5, 5.41) is 0. The van der Waals surface area contributed by atoms with E-state index in [2.05, 4.69) is 19.7 Å². The van der Waals surface area contributed by atoms with E-state index in [-0.39, 0.29) is 0 Å². The molecule has 0 saturated carbocycles. The normalized spacial score (nSPS) is 14.0. The van der Waals surface area contributed by atoms with Gasteiger partial charge in [-0.05, 0) is 57.2 Å². The van der Waals surface area contributed by atoms with Gasteiger partial charge in [0.15, 0.2) is 0 Å². The topological polar surface area (TPSA) is 44.8 Å². The van der Waals surface area contributed by atoms with Crippen LogP contribution in [-0.4, -0.2) is 0 Å². The molecule has 0 spiro atoms. The number of rotatable bonds is 12. The maximum atomic E-state index is 13.2. The van der Waals surface area contributed by atoms with Crippen molar-refractivity contribution in [2.24, 2.45) is 0 Å². The fourth-order valence-electron chi connectivity index (χ4n) is 1.47. The first-order valence-corrected chi connectivity index (χ1v) is 9.49. The van der Waals surface area contributed by atoms with Crippen molar-refractivity contribution < 1.29 is 18.1 Å². The van der Waals surface area contributed by atoms with Crippen molar-refractivity contribution in [3.63, 3.8) is 0 Å². The van der Waals surface area contributed by atoms with E-state index in [9.17, 15) is 4.57 Å². The zero-order valence-corrected chi connectivity index (χ0v) is 16.5. The Balaban J connectivity index is 5.79. The number of phosphoric ester groups is 1. The molecule has 0 aliphatic carbocycles. The second kappa shape index (κ2) is 13.6. The molecule has 0 aliphatic rings. The Labute approximate surface area is 157 Å². The van der Waals surface area contributed by atoms with Gasteiger partial charge in [-0.2, -0.15) is 4.57 Å². The van der Waals surface area contributed by atoms with Crippen molar-refractivity contribution in [2.75, 3.05) is 0 Å². The van der Waals surface area contributed by atoms with Crippen LogP contribution in [0.4, 0.5) is 0 Å². The average Bonchev–Trinajstić information content (AvgIpc) is 2.65. The van der Waals surface area contributed by atoms with Crippen LogP contribution < -0.4 is 0 Å². The molecule has 0 N–H and O–H groups in total. The van der Waals surface area contributed by atoms with Crippen LogP contribution in [0.25, 0.3) is 0 Å². The molecule has 0 radical (unpaired) electrons. The third-order valence-corrected chi connectivity index (χ3v) is 4.00. The van der Waals surface area contributed by atoms with Gasteiger partial charge in [-0.25, -0.2) is 0 Å². The van der Waals surface area contributed by atoms with E-state index in [1.165, 1.54) is 0 Å². The molecule has 0 saturated heterocycles. The molecule has 0 aromatic carbocycles. The molecule has 0 aliphatic heterocycles. The van der Waals surface area contributed by atoms with Crippen LogP contribution >= 0.6 is 7.82 Å². The first-order valence-electron chi connectivity index (χ1n) is 8.03. The minimum atomic E-state index is -4.02. The smallest absolute Gasteiger partial charge is 0.386 e. The summed E-state index contributed by atoms with van der Waals surface area (Å²) >= 11 is 0. The summed E-state index contributed by atoms with van der Waals surface area (Å²) in [6, 6.07) is 0. The molecule has 0 fully saturated rings. The lowest BCUT2D eigenvalue weighted by Crippen LogP contribution is -1.99. The van der Waals surface area contributed by atoms with Crippen molar-refractivity contribution in [2.45, 2.75) is 20.8 Å². The van der Waals surface area contributed by atoms with Crippen LogP contribution in [-0.2, 0) is 18.1 Å². The van der Waals surface area contributed by atoms with Gasteiger partial charge >= 0.3 is 7.82 Å². The third kappa shape index (κ3) is 9.55. The number of allylic oxidation sites excluding steroid dienone is 12. The van der Waals surface area contributed by atoms with Crippen molar-refractivity contribution in [3.8, 4) is 0 Å². The Morgan fingerprint density at radius 1 is 0.654 bits per heavy atom. The van der Waals surface area contributed by atoms with Crippen LogP contribution in [0, 0.1) is 0 Å². The largest absolute Gasteiger partial charge is 0.647 e. The summed E-state index contributed by atoms with van der Waals surface area (Å²) in [6.07, 6.45) is 19.4. The van der Waals surface area contributed by atoms with Crippen molar-refractivity contribution in [1.82, 2.24) is 0 Å². The minimum Gasteiger partial charge on any atom is -0.386 e. The summed E-state index contributed by atoms with van der Waals surface area (Å²) in [6.45, 7) is 16.0. The SMILES string of the molecule is C=C/C=C\C(=C/C)OP(=O)(OC(/C=C\C=C)=C/C)OC(/C=C\C=C)=C/C. The van der Waals surface area contributed by atoms with Crippen LogP contribution in [0.5, 0.6) is 0 Å². The second-order valence-electron chi connectivity index (χ2n) is 4.58. The molecule has 0 aromatic rings. The lowest BCUT2D eigenvalue weighted by atomic mass is 10.4. The Hall–Kier alpha value is -2.71. The van der Waals surface area contributed by atoms with Gasteiger partial charge in [0.2, 0.25) is 0 Å². The molecule has 0 atom stereocenters. The maximum Gasteiger partial charge on any atom is 0.647 e. The highest BCUT2D eigenvalue weighted by molar-refractivity contribution is 7.48. The molecule has 140 valence electrons. The Morgan fingerprint density at radius 2 is 0.923 bits per heavy atom. The van der Waals surface area contributed by atoms with Gasteiger partial charge in [0.1, 0.15) is 17.3 Å². The van der Waals surface area contributed by atoms with Crippen LogP contribution in [0.2, 0.25) is 0 Å². The molecule has 0 rings (SSSR count). The van der Waals surface area contributed by atoms with E-state index in [0.717, 1.165) is 0 Å². The lowest BCUT2D eigenvalue weighted by Gasteiger charge is -2.20. The van der Waals surface area contributed by atoms with Gasteiger partial charge < -0.3 is 13.6 Å². The van der Waals surface area contributed by atoms with Crippen LogP contribution in [0.3, 0.4) is 0 Å². The molecular formula is C21H27O4P. The first-order chi connectivity index (χ1) is 12.5. The lowest BCUT2D eigenvalue weighted by molar-refractivity contribution is 0.205. The third-order valence-electron chi connectivity index (χ3n) is 2.69. The first kappa shape index (κ1) is 23.3. The maximum absolute atomic E-state index is 13.2. The van der Waals surface area contributed by atoms with E-state index < -0.39 is 7.82 Å². The summed E-state index contributed by atoms with van der Waals surface area (Å²) in [4.78, 5) is 0. The monoisotopic (exact) mass is 374 g/mol. The highest BCUT2D eigenvalue weighted by Crippen LogP contribution is 2.55. The van der Waals surface area contributed by atoms with Crippen molar-refractivity contribution >= 4 is 7.82 Å². The van der Waals surface area contributed by atoms with Gasteiger partial charge in [0.05, 0.1) is 0 Å². The summed E-state index contributed by atoms with van der Waals surface area (Å²) < 4.78 is 29.9. The van der Waals surface area contributed by atoms with E-state index in [1.54, 1.807) is 93.7 Å². The fourth-order valence-corrected chi connectivity index (χ4v) is 2.86.